The predicted molar refractivity (Wildman–Crippen MR) is 53.2 cm³/mol. The summed E-state index contributed by atoms with van der Waals surface area (Å²) in [7, 11) is 0. The van der Waals surface area contributed by atoms with Crippen LogP contribution < -0.4 is 5.69 Å². The number of imidazole rings is 1. The summed E-state index contributed by atoms with van der Waals surface area (Å²) in [5.41, 5.74) is -0.448. The van der Waals surface area contributed by atoms with Crippen LogP contribution in [0.15, 0.2) is 17.2 Å². The summed E-state index contributed by atoms with van der Waals surface area (Å²) in [5.74, 6) is 0. The first-order valence-corrected chi connectivity index (χ1v) is 5.16. The van der Waals surface area contributed by atoms with Crippen LogP contribution in [0.25, 0.3) is 0 Å². The third kappa shape index (κ3) is 1.39. The molecule has 14 heavy (non-hydrogen) atoms. The SMILES string of the molecule is O=c1[nH]ccn1C1(CO)CCCCC1. The molecule has 1 aromatic rings. The molecule has 4 nitrogen and oxygen atoms in total. The van der Waals surface area contributed by atoms with Gasteiger partial charge in [0.05, 0.1) is 12.1 Å². The second kappa shape index (κ2) is 3.61. The van der Waals surface area contributed by atoms with Crippen molar-refractivity contribution in [2.24, 2.45) is 0 Å². The predicted octanol–water partition coefficient (Wildman–Crippen LogP) is 0.828. The standard InChI is InChI=1S/C10H16N2O2/c13-8-10(4-2-1-3-5-10)12-7-6-11-9(12)14/h6-7,13H,1-5,8H2,(H,11,14). The van der Waals surface area contributed by atoms with Crippen molar-refractivity contribution in [2.45, 2.75) is 37.6 Å². The Labute approximate surface area is 82.6 Å². The van der Waals surface area contributed by atoms with Gasteiger partial charge in [-0.25, -0.2) is 4.79 Å². The van der Waals surface area contributed by atoms with E-state index in [0.29, 0.717) is 0 Å². The van der Waals surface area contributed by atoms with Crippen LogP contribution in [0.2, 0.25) is 0 Å². The number of aromatic amines is 1. The van der Waals surface area contributed by atoms with Crippen LogP contribution in [0.1, 0.15) is 32.1 Å². The molecule has 2 N–H and O–H groups in total. The van der Waals surface area contributed by atoms with Gasteiger partial charge in [-0.15, -0.1) is 0 Å². The van der Waals surface area contributed by atoms with Crippen molar-refractivity contribution in [3.05, 3.63) is 22.9 Å². The van der Waals surface area contributed by atoms with Crippen LogP contribution in [0.3, 0.4) is 0 Å². The van der Waals surface area contributed by atoms with E-state index < -0.39 is 0 Å². The van der Waals surface area contributed by atoms with Gasteiger partial charge in [0.1, 0.15) is 0 Å². The highest BCUT2D eigenvalue weighted by molar-refractivity contribution is 4.94. The minimum Gasteiger partial charge on any atom is -0.394 e. The number of nitrogens with one attached hydrogen (secondary N) is 1. The number of aliphatic hydroxyl groups is 1. The lowest BCUT2D eigenvalue weighted by Crippen LogP contribution is -2.44. The lowest BCUT2D eigenvalue weighted by Gasteiger charge is -2.36. The Hall–Kier alpha value is -1.03. The minimum atomic E-state index is -0.338. The first-order chi connectivity index (χ1) is 6.78. The Kier molecular flexibility index (Phi) is 2.46. The molecule has 78 valence electrons. The smallest absolute Gasteiger partial charge is 0.326 e. The summed E-state index contributed by atoms with van der Waals surface area (Å²) >= 11 is 0. The molecule has 1 aromatic heterocycles. The largest absolute Gasteiger partial charge is 0.394 e. The lowest BCUT2D eigenvalue weighted by atomic mass is 9.82. The zero-order valence-corrected chi connectivity index (χ0v) is 8.20. The number of aliphatic hydroxyl groups excluding tert-OH is 1. The third-order valence-corrected chi connectivity index (χ3v) is 3.24. The van der Waals surface area contributed by atoms with E-state index in [4.69, 9.17) is 0 Å². The first kappa shape index (κ1) is 9.52. The summed E-state index contributed by atoms with van der Waals surface area (Å²) in [6, 6.07) is 0. The molecule has 1 aliphatic carbocycles. The highest BCUT2D eigenvalue weighted by Crippen LogP contribution is 2.33. The number of nitrogens with zero attached hydrogens (tertiary/aromatic N) is 1. The highest BCUT2D eigenvalue weighted by Gasteiger charge is 2.34. The van der Waals surface area contributed by atoms with Crippen LogP contribution in [-0.4, -0.2) is 21.3 Å². The van der Waals surface area contributed by atoms with Crippen LogP contribution >= 0.6 is 0 Å². The molecule has 0 radical (unpaired) electrons. The maximum Gasteiger partial charge on any atom is 0.326 e. The Balaban J connectivity index is 2.36. The molecular weight excluding hydrogens is 180 g/mol. The second-order valence-corrected chi connectivity index (χ2v) is 4.08. The Morgan fingerprint density at radius 1 is 1.43 bits per heavy atom. The molecule has 0 amide bonds. The molecule has 1 heterocycles. The van der Waals surface area contributed by atoms with E-state index >= 15 is 0 Å². The fraction of sp³-hybridized carbons (Fsp3) is 0.700. The average molecular weight is 196 g/mol. The number of rotatable bonds is 2. The van der Waals surface area contributed by atoms with E-state index in [1.54, 1.807) is 17.0 Å². The zero-order chi connectivity index (χ0) is 10.0. The van der Waals surface area contributed by atoms with Gasteiger partial charge >= 0.3 is 5.69 Å². The van der Waals surface area contributed by atoms with E-state index in [9.17, 15) is 9.90 Å². The Morgan fingerprint density at radius 2 is 2.14 bits per heavy atom. The molecule has 4 heteroatoms. The summed E-state index contributed by atoms with van der Waals surface area (Å²) in [4.78, 5) is 14.1. The van der Waals surface area contributed by atoms with E-state index in [0.717, 1.165) is 25.7 Å². The van der Waals surface area contributed by atoms with Crippen molar-refractivity contribution in [1.82, 2.24) is 9.55 Å². The van der Waals surface area contributed by atoms with Crippen LogP contribution in [0, 0.1) is 0 Å². The van der Waals surface area contributed by atoms with Gasteiger partial charge < -0.3 is 10.1 Å². The van der Waals surface area contributed by atoms with Crippen LogP contribution in [0.5, 0.6) is 0 Å². The molecule has 0 aliphatic heterocycles. The molecule has 0 bridgehead atoms. The normalized spacial score (nSPS) is 20.9. The summed E-state index contributed by atoms with van der Waals surface area (Å²) < 4.78 is 1.66. The maximum absolute atomic E-state index is 11.5. The van der Waals surface area contributed by atoms with Crippen molar-refractivity contribution >= 4 is 0 Å². The van der Waals surface area contributed by atoms with Crippen molar-refractivity contribution in [2.75, 3.05) is 6.61 Å². The monoisotopic (exact) mass is 196 g/mol. The molecule has 0 spiro atoms. The van der Waals surface area contributed by atoms with E-state index in [2.05, 4.69) is 4.98 Å². The van der Waals surface area contributed by atoms with Gasteiger partial charge in [-0.1, -0.05) is 19.3 Å². The molecule has 1 saturated carbocycles. The molecular formula is C10H16N2O2. The third-order valence-electron chi connectivity index (χ3n) is 3.24. The van der Waals surface area contributed by atoms with Crippen LogP contribution in [0.4, 0.5) is 0 Å². The molecule has 1 fully saturated rings. The van der Waals surface area contributed by atoms with Crippen molar-refractivity contribution in [3.63, 3.8) is 0 Å². The second-order valence-electron chi connectivity index (χ2n) is 4.08. The van der Waals surface area contributed by atoms with Gasteiger partial charge in [-0.2, -0.15) is 0 Å². The summed E-state index contributed by atoms with van der Waals surface area (Å²) in [6.07, 6.45) is 8.58. The molecule has 0 aromatic carbocycles. The van der Waals surface area contributed by atoms with E-state index in [1.165, 1.54) is 6.42 Å². The zero-order valence-electron chi connectivity index (χ0n) is 8.20. The summed E-state index contributed by atoms with van der Waals surface area (Å²) in [5, 5.41) is 9.46. The number of aromatic nitrogens is 2. The Morgan fingerprint density at radius 3 is 2.64 bits per heavy atom. The fourth-order valence-corrected chi connectivity index (χ4v) is 2.38. The maximum atomic E-state index is 11.5. The molecule has 0 atom stereocenters. The van der Waals surface area contributed by atoms with Gasteiger partial charge in [0.15, 0.2) is 0 Å². The van der Waals surface area contributed by atoms with E-state index in [-0.39, 0.29) is 17.8 Å². The molecule has 0 saturated heterocycles. The quantitative estimate of drug-likeness (QED) is 0.736. The van der Waals surface area contributed by atoms with Gasteiger partial charge in [0, 0.05) is 12.4 Å². The van der Waals surface area contributed by atoms with Crippen LogP contribution in [-0.2, 0) is 5.54 Å². The number of hydrogen-bond acceptors (Lipinski definition) is 2. The number of hydrogen-bond donors (Lipinski definition) is 2. The first-order valence-electron chi connectivity index (χ1n) is 5.16. The van der Waals surface area contributed by atoms with Crippen molar-refractivity contribution in [1.29, 1.82) is 0 Å². The number of H-pyrrole nitrogens is 1. The van der Waals surface area contributed by atoms with E-state index in [1.807, 2.05) is 0 Å². The van der Waals surface area contributed by atoms with Gasteiger partial charge in [-0.3, -0.25) is 4.57 Å². The Bertz CT molecular complexity index is 347. The lowest BCUT2D eigenvalue weighted by molar-refractivity contribution is 0.0876. The average Bonchev–Trinajstić information content (AvgIpc) is 2.66. The summed E-state index contributed by atoms with van der Waals surface area (Å²) in [6.45, 7) is 0.0603. The van der Waals surface area contributed by atoms with Gasteiger partial charge in [-0.05, 0) is 12.8 Å². The molecule has 0 unspecified atom stereocenters. The minimum absolute atomic E-state index is 0.0603. The fourth-order valence-electron chi connectivity index (χ4n) is 2.38. The topological polar surface area (TPSA) is 58.0 Å². The van der Waals surface area contributed by atoms with Gasteiger partial charge in [0.2, 0.25) is 0 Å². The van der Waals surface area contributed by atoms with Crippen molar-refractivity contribution < 1.29 is 5.11 Å². The highest BCUT2D eigenvalue weighted by atomic mass is 16.3. The van der Waals surface area contributed by atoms with Crippen molar-refractivity contribution in [3.8, 4) is 0 Å². The molecule has 1 aliphatic rings. The van der Waals surface area contributed by atoms with Gasteiger partial charge in [0.25, 0.3) is 0 Å². The molecule has 2 rings (SSSR count).